The highest BCUT2D eigenvalue weighted by Crippen LogP contribution is 2.16. The van der Waals surface area contributed by atoms with Crippen LogP contribution in [0.2, 0.25) is 0 Å². The second kappa shape index (κ2) is 8.39. The molecule has 0 saturated carbocycles. The lowest BCUT2D eigenvalue weighted by Gasteiger charge is -2.09. The SMILES string of the molecule is C=C(C)COc1ccc(NCC(=O)Nc2ccc(Br)cc2)cc1. The van der Waals surface area contributed by atoms with Crippen molar-refractivity contribution in [3.63, 3.8) is 0 Å². The van der Waals surface area contributed by atoms with Crippen LogP contribution >= 0.6 is 15.9 Å². The highest BCUT2D eigenvalue weighted by Gasteiger charge is 2.02. The van der Waals surface area contributed by atoms with Gasteiger partial charge in [0.2, 0.25) is 5.91 Å². The van der Waals surface area contributed by atoms with Crippen molar-refractivity contribution in [1.29, 1.82) is 0 Å². The van der Waals surface area contributed by atoms with Gasteiger partial charge in [-0.1, -0.05) is 22.5 Å². The van der Waals surface area contributed by atoms with Crippen LogP contribution in [0.4, 0.5) is 11.4 Å². The first-order valence-electron chi connectivity index (χ1n) is 7.19. The minimum absolute atomic E-state index is 0.102. The fourth-order valence-corrected chi connectivity index (χ4v) is 2.06. The van der Waals surface area contributed by atoms with Crippen LogP contribution in [0.15, 0.2) is 65.2 Å². The van der Waals surface area contributed by atoms with Gasteiger partial charge >= 0.3 is 0 Å². The van der Waals surface area contributed by atoms with E-state index < -0.39 is 0 Å². The van der Waals surface area contributed by atoms with Crippen LogP contribution in [0.5, 0.6) is 5.75 Å². The Balaban J connectivity index is 1.79. The zero-order valence-corrected chi connectivity index (χ0v) is 14.5. The van der Waals surface area contributed by atoms with Crippen LogP contribution in [-0.4, -0.2) is 19.1 Å². The van der Waals surface area contributed by atoms with Gasteiger partial charge in [-0.25, -0.2) is 0 Å². The van der Waals surface area contributed by atoms with Gasteiger partial charge in [-0.3, -0.25) is 4.79 Å². The normalized spacial score (nSPS) is 10.0. The Morgan fingerprint density at radius 2 is 1.70 bits per heavy atom. The molecule has 0 bridgehead atoms. The molecule has 1 amide bonds. The van der Waals surface area contributed by atoms with Crippen LogP contribution < -0.4 is 15.4 Å². The summed E-state index contributed by atoms with van der Waals surface area (Å²) in [6.45, 7) is 6.41. The van der Waals surface area contributed by atoms with Crippen LogP contribution in [0.1, 0.15) is 6.92 Å². The molecule has 0 heterocycles. The number of halogens is 1. The third-order valence-corrected chi connectivity index (χ3v) is 3.45. The number of amides is 1. The predicted octanol–water partition coefficient (Wildman–Crippen LogP) is 4.45. The summed E-state index contributed by atoms with van der Waals surface area (Å²) in [4.78, 5) is 11.9. The van der Waals surface area contributed by atoms with E-state index in [1.807, 2.05) is 55.5 Å². The number of anilines is 2. The van der Waals surface area contributed by atoms with E-state index in [4.69, 9.17) is 4.74 Å². The first kappa shape index (κ1) is 17.1. The molecule has 0 fully saturated rings. The van der Waals surface area contributed by atoms with Gasteiger partial charge in [-0.15, -0.1) is 0 Å². The quantitative estimate of drug-likeness (QED) is 0.703. The molecule has 0 aromatic heterocycles. The zero-order chi connectivity index (χ0) is 16.7. The van der Waals surface area contributed by atoms with E-state index in [2.05, 4.69) is 33.1 Å². The van der Waals surface area contributed by atoms with Crippen molar-refractivity contribution >= 4 is 33.2 Å². The van der Waals surface area contributed by atoms with E-state index in [0.29, 0.717) is 6.61 Å². The van der Waals surface area contributed by atoms with Gasteiger partial charge in [0.05, 0.1) is 6.54 Å². The maximum atomic E-state index is 11.9. The maximum Gasteiger partial charge on any atom is 0.243 e. The molecule has 0 saturated heterocycles. The van der Waals surface area contributed by atoms with E-state index in [1.54, 1.807) is 0 Å². The molecule has 0 unspecified atom stereocenters. The molecular weight excluding hydrogens is 356 g/mol. The lowest BCUT2D eigenvalue weighted by molar-refractivity contribution is -0.114. The summed E-state index contributed by atoms with van der Waals surface area (Å²) in [5.74, 6) is 0.674. The summed E-state index contributed by atoms with van der Waals surface area (Å²) in [5, 5.41) is 5.90. The number of ether oxygens (including phenoxy) is 1. The number of hydrogen-bond donors (Lipinski definition) is 2. The number of hydrogen-bond acceptors (Lipinski definition) is 3. The number of rotatable bonds is 7. The topological polar surface area (TPSA) is 50.4 Å². The second-order valence-corrected chi connectivity index (χ2v) is 6.09. The molecule has 4 nitrogen and oxygen atoms in total. The zero-order valence-electron chi connectivity index (χ0n) is 12.9. The minimum atomic E-state index is -0.102. The highest BCUT2D eigenvalue weighted by atomic mass is 79.9. The van der Waals surface area contributed by atoms with Crippen LogP contribution in [0.3, 0.4) is 0 Å². The van der Waals surface area contributed by atoms with Crippen molar-refractivity contribution in [3.05, 3.63) is 65.2 Å². The summed E-state index contributed by atoms with van der Waals surface area (Å²) >= 11 is 3.36. The molecule has 0 aliphatic carbocycles. The van der Waals surface area contributed by atoms with Crippen molar-refractivity contribution in [2.45, 2.75) is 6.92 Å². The molecule has 2 aromatic rings. The first-order chi connectivity index (χ1) is 11.0. The van der Waals surface area contributed by atoms with Crippen molar-refractivity contribution < 1.29 is 9.53 Å². The van der Waals surface area contributed by atoms with Gasteiger partial charge in [-0.2, -0.15) is 0 Å². The molecule has 0 aliphatic rings. The molecule has 5 heteroatoms. The van der Waals surface area contributed by atoms with E-state index in [-0.39, 0.29) is 12.5 Å². The summed E-state index contributed by atoms with van der Waals surface area (Å²) in [6.07, 6.45) is 0. The molecule has 0 spiro atoms. The fraction of sp³-hybridized carbons (Fsp3) is 0.167. The predicted molar refractivity (Wildman–Crippen MR) is 98.0 cm³/mol. The Morgan fingerprint density at radius 1 is 1.09 bits per heavy atom. The van der Waals surface area contributed by atoms with Gasteiger partial charge in [0.15, 0.2) is 0 Å². The van der Waals surface area contributed by atoms with Crippen molar-refractivity contribution in [1.82, 2.24) is 0 Å². The van der Waals surface area contributed by atoms with E-state index in [1.165, 1.54) is 0 Å². The van der Waals surface area contributed by atoms with Gasteiger partial charge in [0, 0.05) is 15.8 Å². The Labute approximate surface area is 144 Å². The van der Waals surface area contributed by atoms with E-state index in [0.717, 1.165) is 27.2 Å². The van der Waals surface area contributed by atoms with Gasteiger partial charge < -0.3 is 15.4 Å². The van der Waals surface area contributed by atoms with E-state index in [9.17, 15) is 4.79 Å². The lowest BCUT2D eigenvalue weighted by atomic mass is 10.3. The molecule has 2 N–H and O–H groups in total. The van der Waals surface area contributed by atoms with Crippen LogP contribution in [-0.2, 0) is 4.79 Å². The standard InChI is InChI=1S/C18H19BrN2O2/c1-13(2)12-23-17-9-7-15(8-10-17)20-11-18(22)21-16-5-3-14(19)4-6-16/h3-10,20H,1,11-12H2,2H3,(H,21,22). The van der Waals surface area contributed by atoms with Crippen LogP contribution in [0.25, 0.3) is 0 Å². The van der Waals surface area contributed by atoms with Gasteiger partial charge in [0.25, 0.3) is 0 Å². The second-order valence-electron chi connectivity index (χ2n) is 5.18. The number of nitrogens with one attached hydrogen (secondary N) is 2. The lowest BCUT2D eigenvalue weighted by Crippen LogP contribution is -2.21. The minimum Gasteiger partial charge on any atom is -0.489 e. The number of carbonyl (C=O) groups is 1. The molecule has 0 aliphatic heterocycles. The third kappa shape index (κ3) is 6.16. The molecule has 2 rings (SSSR count). The van der Waals surface area contributed by atoms with Gasteiger partial charge in [-0.05, 0) is 61.0 Å². The smallest absolute Gasteiger partial charge is 0.243 e. The largest absolute Gasteiger partial charge is 0.489 e. The Kier molecular flexibility index (Phi) is 6.23. The van der Waals surface area contributed by atoms with Crippen LogP contribution in [0, 0.1) is 0 Å². The number of benzene rings is 2. The average molecular weight is 375 g/mol. The molecule has 0 radical (unpaired) electrons. The molecular formula is C18H19BrN2O2. The fourth-order valence-electron chi connectivity index (χ4n) is 1.80. The third-order valence-electron chi connectivity index (χ3n) is 2.92. The van der Waals surface area contributed by atoms with Crippen molar-refractivity contribution in [2.75, 3.05) is 23.8 Å². The monoisotopic (exact) mass is 374 g/mol. The summed E-state index contributed by atoms with van der Waals surface area (Å²) in [6, 6.07) is 14.9. The molecule has 2 aromatic carbocycles. The Morgan fingerprint density at radius 3 is 2.30 bits per heavy atom. The van der Waals surface area contributed by atoms with Gasteiger partial charge in [0.1, 0.15) is 12.4 Å². The first-order valence-corrected chi connectivity index (χ1v) is 7.99. The average Bonchev–Trinajstić information content (AvgIpc) is 2.54. The summed E-state index contributed by atoms with van der Waals surface area (Å²) in [5.41, 5.74) is 2.60. The Hall–Kier alpha value is -2.27. The summed E-state index contributed by atoms with van der Waals surface area (Å²) < 4.78 is 6.50. The van der Waals surface area contributed by atoms with E-state index >= 15 is 0 Å². The Bertz CT molecular complexity index is 666. The van der Waals surface area contributed by atoms with Crippen molar-refractivity contribution in [2.24, 2.45) is 0 Å². The highest BCUT2D eigenvalue weighted by molar-refractivity contribution is 9.10. The van der Waals surface area contributed by atoms with Crippen molar-refractivity contribution in [3.8, 4) is 5.75 Å². The molecule has 0 atom stereocenters. The maximum absolute atomic E-state index is 11.9. The molecule has 120 valence electrons. The number of carbonyl (C=O) groups excluding carboxylic acids is 1. The summed E-state index contributed by atoms with van der Waals surface area (Å²) in [7, 11) is 0. The molecule has 23 heavy (non-hydrogen) atoms.